The summed E-state index contributed by atoms with van der Waals surface area (Å²) in [4.78, 5) is 13.8. The van der Waals surface area contributed by atoms with Crippen molar-refractivity contribution in [3.05, 3.63) is 35.4 Å². The first-order valence-electron chi connectivity index (χ1n) is 8.00. The molecule has 1 atom stereocenters. The molecule has 5 heteroatoms. The first-order chi connectivity index (χ1) is 10.6. The van der Waals surface area contributed by atoms with Gasteiger partial charge in [-0.1, -0.05) is 45.0 Å². The minimum absolute atomic E-state index is 0.101. The SMILES string of the molecule is CC(C)(C)CN(CC(F)(F)F)C(=O)C1CCCc2ccccc21. The van der Waals surface area contributed by atoms with Crippen LogP contribution in [0.1, 0.15) is 50.7 Å². The Bertz CT molecular complexity index is 544. The van der Waals surface area contributed by atoms with E-state index in [0.29, 0.717) is 6.42 Å². The van der Waals surface area contributed by atoms with Crippen LogP contribution in [0.4, 0.5) is 13.2 Å². The smallest absolute Gasteiger partial charge is 0.333 e. The van der Waals surface area contributed by atoms with Gasteiger partial charge in [-0.25, -0.2) is 0 Å². The lowest BCUT2D eigenvalue weighted by Gasteiger charge is -2.35. The van der Waals surface area contributed by atoms with E-state index in [2.05, 4.69) is 0 Å². The fourth-order valence-electron chi connectivity index (χ4n) is 3.23. The Labute approximate surface area is 135 Å². The molecule has 1 amide bonds. The fraction of sp³-hybridized carbons (Fsp3) is 0.611. The molecule has 1 aliphatic carbocycles. The molecule has 0 aliphatic heterocycles. The molecule has 0 N–H and O–H groups in total. The molecule has 0 fully saturated rings. The zero-order valence-electron chi connectivity index (χ0n) is 13.9. The van der Waals surface area contributed by atoms with E-state index in [9.17, 15) is 18.0 Å². The number of aryl methyl sites for hydroxylation is 1. The van der Waals surface area contributed by atoms with Gasteiger partial charge in [0.2, 0.25) is 5.91 Å². The Morgan fingerprint density at radius 2 is 1.83 bits per heavy atom. The van der Waals surface area contributed by atoms with Gasteiger partial charge in [0.25, 0.3) is 0 Å². The van der Waals surface area contributed by atoms with E-state index in [1.54, 1.807) is 0 Å². The highest BCUT2D eigenvalue weighted by atomic mass is 19.4. The molecule has 1 aromatic rings. The van der Waals surface area contributed by atoms with E-state index in [1.165, 1.54) is 0 Å². The molecule has 2 rings (SSSR count). The molecule has 0 radical (unpaired) electrons. The largest absolute Gasteiger partial charge is 0.406 e. The summed E-state index contributed by atoms with van der Waals surface area (Å²) >= 11 is 0. The van der Waals surface area contributed by atoms with Crippen LogP contribution < -0.4 is 0 Å². The predicted molar refractivity (Wildman–Crippen MR) is 84.2 cm³/mol. The number of rotatable bonds is 3. The van der Waals surface area contributed by atoms with Crippen LogP contribution >= 0.6 is 0 Å². The van der Waals surface area contributed by atoms with Crippen molar-refractivity contribution in [3.63, 3.8) is 0 Å². The number of nitrogens with zero attached hydrogens (tertiary/aromatic N) is 1. The van der Waals surface area contributed by atoms with E-state index >= 15 is 0 Å². The molecule has 0 heterocycles. The average molecular weight is 327 g/mol. The number of carbonyl (C=O) groups excluding carboxylic acids is 1. The van der Waals surface area contributed by atoms with Gasteiger partial charge in [0, 0.05) is 6.54 Å². The van der Waals surface area contributed by atoms with Gasteiger partial charge in [0.15, 0.2) is 0 Å². The number of hydrogen-bond acceptors (Lipinski definition) is 1. The second kappa shape index (κ2) is 6.54. The van der Waals surface area contributed by atoms with Gasteiger partial charge in [-0.3, -0.25) is 4.79 Å². The first kappa shape index (κ1) is 17.8. The third kappa shape index (κ3) is 4.98. The highest BCUT2D eigenvalue weighted by Gasteiger charge is 2.38. The lowest BCUT2D eigenvalue weighted by atomic mass is 9.81. The molecule has 0 aromatic heterocycles. The fourth-order valence-corrected chi connectivity index (χ4v) is 3.23. The number of halogens is 3. The minimum Gasteiger partial charge on any atom is -0.333 e. The van der Waals surface area contributed by atoms with Crippen LogP contribution in [-0.2, 0) is 11.2 Å². The molecule has 0 spiro atoms. The Hall–Kier alpha value is -1.52. The number of alkyl halides is 3. The summed E-state index contributed by atoms with van der Waals surface area (Å²) in [5.74, 6) is -0.853. The van der Waals surface area contributed by atoms with Gasteiger partial charge < -0.3 is 4.90 Å². The summed E-state index contributed by atoms with van der Waals surface area (Å²) in [6, 6.07) is 7.60. The van der Waals surface area contributed by atoms with Crippen molar-refractivity contribution in [3.8, 4) is 0 Å². The topological polar surface area (TPSA) is 20.3 Å². The van der Waals surface area contributed by atoms with Crippen molar-refractivity contribution >= 4 is 5.91 Å². The third-order valence-electron chi connectivity index (χ3n) is 4.01. The Morgan fingerprint density at radius 1 is 1.17 bits per heavy atom. The van der Waals surface area contributed by atoms with Crippen LogP contribution in [0.25, 0.3) is 0 Å². The summed E-state index contributed by atoms with van der Waals surface area (Å²) in [6.45, 7) is 4.46. The lowest BCUT2D eigenvalue weighted by Crippen LogP contribution is -2.45. The van der Waals surface area contributed by atoms with E-state index in [-0.39, 0.29) is 12.0 Å². The summed E-state index contributed by atoms with van der Waals surface area (Å²) in [5, 5.41) is 0. The van der Waals surface area contributed by atoms with Crippen LogP contribution in [0.2, 0.25) is 0 Å². The third-order valence-corrected chi connectivity index (χ3v) is 4.01. The number of hydrogen-bond donors (Lipinski definition) is 0. The summed E-state index contributed by atoms with van der Waals surface area (Å²) in [5.41, 5.74) is 1.60. The lowest BCUT2D eigenvalue weighted by molar-refractivity contribution is -0.164. The van der Waals surface area contributed by atoms with Crippen molar-refractivity contribution < 1.29 is 18.0 Å². The van der Waals surface area contributed by atoms with Crippen molar-refractivity contribution in [2.75, 3.05) is 13.1 Å². The standard InChI is InChI=1S/C18H24F3NO/c1-17(2,3)11-22(12-18(19,20)21)16(23)15-10-6-8-13-7-4-5-9-14(13)15/h4-5,7,9,15H,6,8,10-12H2,1-3H3. The zero-order valence-corrected chi connectivity index (χ0v) is 13.9. The molecule has 0 saturated heterocycles. The number of benzene rings is 1. The monoisotopic (exact) mass is 327 g/mol. The maximum absolute atomic E-state index is 12.9. The van der Waals surface area contributed by atoms with Crippen LogP contribution in [0, 0.1) is 5.41 Å². The molecule has 1 aromatic carbocycles. The Morgan fingerprint density at radius 3 is 2.43 bits per heavy atom. The van der Waals surface area contributed by atoms with E-state index in [4.69, 9.17) is 0 Å². The van der Waals surface area contributed by atoms with Crippen molar-refractivity contribution in [1.29, 1.82) is 0 Å². The van der Waals surface area contributed by atoms with E-state index in [1.807, 2.05) is 45.0 Å². The van der Waals surface area contributed by atoms with E-state index in [0.717, 1.165) is 28.9 Å². The summed E-state index contributed by atoms with van der Waals surface area (Å²) in [7, 11) is 0. The quantitative estimate of drug-likeness (QED) is 0.798. The van der Waals surface area contributed by atoms with Gasteiger partial charge in [0.05, 0.1) is 5.92 Å². The highest BCUT2D eigenvalue weighted by Crippen LogP contribution is 2.34. The average Bonchev–Trinajstić information content (AvgIpc) is 2.42. The second-order valence-corrected chi connectivity index (χ2v) is 7.51. The van der Waals surface area contributed by atoms with Crippen LogP contribution in [0.5, 0.6) is 0 Å². The molecule has 2 nitrogen and oxygen atoms in total. The minimum atomic E-state index is -4.38. The first-order valence-corrected chi connectivity index (χ1v) is 8.00. The molecule has 0 bridgehead atoms. The predicted octanol–water partition coefficient (Wildman–Crippen LogP) is 4.54. The van der Waals surface area contributed by atoms with Gasteiger partial charge in [-0.15, -0.1) is 0 Å². The van der Waals surface area contributed by atoms with Crippen LogP contribution in [0.15, 0.2) is 24.3 Å². The highest BCUT2D eigenvalue weighted by molar-refractivity contribution is 5.84. The second-order valence-electron chi connectivity index (χ2n) is 7.51. The molecular weight excluding hydrogens is 303 g/mol. The van der Waals surface area contributed by atoms with Crippen molar-refractivity contribution in [2.45, 2.75) is 52.1 Å². The Kier molecular flexibility index (Phi) is 5.07. The van der Waals surface area contributed by atoms with Gasteiger partial charge in [0.1, 0.15) is 6.54 Å². The Balaban J connectivity index is 2.27. The number of carbonyl (C=O) groups is 1. The number of amides is 1. The molecule has 1 unspecified atom stereocenters. The zero-order chi connectivity index (χ0) is 17.3. The van der Waals surface area contributed by atoms with Crippen molar-refractivity contribution in [1.82, 2.24) is 4.90 Å². The van der Waals surface area contributed by atoms with Gasteiger partial charge >= 0.3 is 6.18 Å². The summed E-state index contributed by atoms with van der Waals surface area (Å²) < 4.78 is 38.7. The molecule has 1 aliphatic rings. The normalized spacial score (nSPS) is 18.4. The van der Waals surface area contributed by atoms with E-state index < -0.39 is 24.5 Å². The molecule has 0 saturated carbocycles. The van der Waals surface area contributed by atoms with Crippen LogP contribution in [-0.4, -0.2) is 30.1 Å². The molecule has 23 heavy (non-hydrogen) atoms. The van der Waals surface area contributed by atoms with Gasteiger partial charge in [-0.05, 0) is 35.8 Å². The molecular formula is C18H24F3NO. The maximum Gasteiger partial charge on any atom is 0.406 e. The maximum atomic E-state index is 12.9. The van der Waals surface area contributed by atoms with Crippen LogP contribution in [0.3, 0.4) is 0 Å². The number of fused-ring (bicyclic) bond motifs is 1. The van der Waals surface area contributed by atoms with Crippen molar-refractivity contribution in [2.24, 2.45) is 5.41 Å². The molecule has 128 valence electrons. The van der Waals surface area contributed by atoms with Gasteiger partial charge in [-0.2, -0.15) is 13.2 Å². The summed E-state index contributed by atoms with van der Waals surface area (Å²) in [6.07, 6.45) is -2.04.